The number of amides is 1. The molecule has 1 saturated heterocycles. The number of aromatic nitrogens is 2. The molecule has 1 aliphatic heterocycles. The van der Waals surface area contributed by atoms with E-state index in [9.17, 15) is 4.79 Å². The van der Waals surface area contributed by atoms with Gasteiger partial charge in [-0.15, -0.1) is 0 Å². The average Bonchev–Trinajstić information content (AvgIpc) is 3.14. The molecular weight excluding hydrogens is 334 g/mol. The number of rotatable bonds is 3. The zero-order chi connectivity index (χ0) is 18.8. The highest BCUT2D eigenvalue weighted by Crippen LogP contribution is 2.30. The zero-order valence-electron chi connectivity index (χ0n) is 15.9. The molecule has 1 amide bonds. The molecule has 0 saturated carbocycles. The molecule has 0 radical (unpaired) electrons. The van der Waals surface area contributed by atoms with Gasteiger partial charge in [0.2, 0.25) is 0 Å². The van der Waals surface area contributed by atoms with Crippen molar-refractivity contribution in [2.75, 3.05) is 6.54 Å². The van der Waals surface area contributed by atoms with E-state index < -0.39 is 0 Å². The van der Waals surface area contributed by atoms with Gasteiger partial charge >= 0.3 is 0 Å². The molecular formula is C23H25N3O. The second kappa shape index (κ2) is 7.39. The molecule has 0 aliphatic carbocycles. The first-order valence-electron chi connectivity index (χ1n) is 9.65. The third-order valence-corrected chi connectivity index (χ3v) is 5.45. The van der Waals surface area contributed by atoms with E-state index >= 15 is 0 Å². The van der Waals surface area contributed by atoms with Crippen LogP contribution in [0.4, 0.5) is 0 Å². The van der Waals surface area contributed by atoms with Crippen molar-refractivity contribution in [2.24, 2.45) is 5.92 Å². The predicted molar refractivity (Wildman–Crippen MR) is 108 cm³/mol. The fourth-order valence-corrected chi connectivity index (χ4v) is 4.01. The smallest absolute Gasteiger partial charge is 0.257 e. The van der Waals surface area contributed by atoms with E-state index in [1.807, 2.05) is 70.2 Å². The summed E-state index contributed by atoms with van der Waals surface area (Å²) in [6, 6.07) is 20.3. The third-order valence-electron chi connectivity index (χ3n) is 5.45. The Bertz CT molecular complexity index is 917. The topological polar surface area (TPSA) is 38.1 Å². The summed E-state index contributed by atoms with van der Waals surface area (Å²) in [5.74, 6) is 0.750. The Morgan fingerprint density at radius 3 is 2.33 bits per heavy atom. The van der Waals surface area contributed by atoms with Crippen LogP contribution >= 0.6 is 0 Å². The molecule has 0 bridgehead atoms. The van der Waals surface area contributed by atoms with Crippen LogP contribution in [0.1, 0.15) is 37.0 Å². The van der Waals surface area contributed by atoms with Crippen molar-refractivity contribution in [3.05, 3.63) is 72.4 Å². The Balaban J connectivity index is 1.79. The van der Waals surface area contributed by atoms with E-state index in [4.69, 9.17) is 0 Å². The van der Waals surface area contributed by atoms with Crippen molar-refractivity contribution >= 4 is 5.91 Å². The van der Waals surface area contributed by atoms with E-state index in [-0.39, 0.29) is 11.9 Å². The Hall–Kier alpha value is -2.88. The summed E-state index contributed by atoms with van der Waals surface area (Å²) >= 11 is 0. The van der Waals surface area contributed by atoms with Gasteiger partial charge in [0, 0.05) is 18.2 Å². The van der Waals surface area contributed by atoms with E-state index in [0.29, 0.717) is 11.5 Å². The molecule has 0 unspecified atom stereocenters. The molecule has 1 aliphatic rings. The number of carbonyl (C=O) groups excluding carboxylic acids is 1. The van der Waals surface area contributed by atoms with Crippen LogP contribution in [-0.2, 0) is 0 Å². The first kappa shape index (κ1) is 17.5. The van der Waals surface area contributed by atoms with Crippen LogP contribution in [0.2, 0.25) is 0 Å². The van der Waals surface area contributed by atoms with E-state index in [1.54, 1.807) is 6.20 Å². The summed E-state index contributed by atoms with van der Waals surface area (Å²) in [6.45, 7) is 5.23. The van der Waals surface area contributed by atoms with Gasteiger partial charge in [0.1, 0.15) is 0 Å². The maximum atomic E-state index is 13.4. The predicted octanol–water partition coefficient (Wildman–Crippen LogP) is 4.80. The maximum absolute atomic E-state index is 13.4. The molecule has 4 nitrogen and oxygen atoms in total. The number of para-hydroxylation sites is 1. The zero-order valence-corrected chi connectivity index (χ0v) is 15.9. The highest BCUT2D eigenvalue weighted by atomic mass is 16.2. The molecule has 4 heteroatoms. The van der Waals surface area contributed by atoms with E-state index in [2.05, 4.69) is 18.9 Å². The Morgan fingerprint density at radius 1 is 1.00 bits per heavy atom. The van der Waals surface area contributed by atoms with Gasteiger partial charge in [-0.25, -0.2) is 4.68 Å². The van der Waals surface area contributed by atoms with Gasteiger partial charge in [-0.2, -0.15) is 5.10 Å². The molecule has 138 valence electrons. The van der Waals surface area contributed by atoms with Gasteiger partial charge in [-0.1, -0.05) is 55.5 Å². The summed E-state index contributed by atoms with van der Waals surface area (Å²) in [7, 11) is 0. The number of hydrogen-bond acceptors (Lipinski definition) is 2. The van der Waals surface area contributed by atoms with Crippen LogP contribution in [0, 0.1) is 5.92 Å². The summed E-state index contributed by atoms with van der Waals surface area (Å²) in [5.41, 5.74) is 3.49. The Kier molecular flexibility index (Phi) is 4.80. The normalized spacial score (nSPS) is 19.9. The molecule has 1 aromatic heterocycles. The molecule has 2 aromatic carbocycles. The van der Waals surface area contributed by atoms with Crippen LogP contribution in [0.3, 0.4) is 0 Å². The standard InChI is InChI=1S/C23H25N3O/c1-17-13-14-25(18(2)15-17)23(27)21-16-24-26(20-11-7-4-8-12-20)22(21)19-9-5-3-6-10-19/h3-12,16-18H,13-15H2,1-2H3/t17-,18+/m1/s1. The van der Waals surface area contributed by atoms with Crippen LogP contribution < -0.4 is 0 Å². The van der Waals surface area contributed by atoms with Gasteiger partial charge in [-0.3, -0.25) is 4.79 Å². The minimum Gasteiger partial charge on any atom is -0.336 e. The van der Waals surface area contributed by atoms with Crippen LogP contribution in [0.5, 0.6) is 0 Å². The third kappa shape index (κ3) is 3.39. The largest absolute Gasteiger partial charge is 0.336 e. The van der Waals surface area contributed by atoms with E-state index in [0.717, 1.165) is 36.3 Å². The lowest BCUT2D eigenvalue weighted by atomic mass is 9.92. The summed E-state index contributed by atoms with van der Waals surface area (Å²) < 4.78 is 1.87. The average molecular weight is 359 g/mol. The van der Waals surface area contributed by atoms with Crippen molar-refractivity contribution in [1.29, 1.82) is 0 Å². The lowest BCUT2D eigenvalue weighted by molar-refractivity contribution is 0.0589. The van der Waals surface area contributed by atoms with Crippen molar-refractivity contribution < 1.29 is 4.79 Å². The molecule has 1 fully saturated rings. The second-order valence-electron chi connectivity index (χ2n) is 7.50. The minimum absolute atomic E-state index is 0.0791. The van der Waals surface area contributed by atoms with Gasteiger partial charge in [0.15, 0.2) is 0 Å². The number of nitrogens with zero attached hydrogens (tertiary/aromatic N) is 3. The molecule has 27 heavy (non-hydrogen) atoms. The SMILES string of the molecule is C[C@@H]1CCN(C(=O)c2cnn(-c3ccccc3)c2-c2ccccc2)[C@@H](C)C1. The van der Waals surface area contributed by atoms with Gasteiger partial charge < -0.3 is 4.90 Å². The van der Waals surface area contributed by atoms with Crippen molar-refractivity contribution in [1.82, 2.24) is 14.7 Å². The number of hydrogen-bond donors (Lipinski definition) is 0. The molecule has 4 rings (SSSR count). The van der Waals surface area contributed by atoms with Gasteiger partial charge in [-0.05, 0) is 37.8 Å². The molecule has 0 N–H and O–H groups in total. The van der Waals surface area contributed by atoms with Crippen molar-refractivity contribution in [3.8, 4) is 16.9 Å². The molecule has 0 spiro atoms. The highest BCUT2D eigenvalue weighted by molar-refractivity contribution is 6.00. The lowest BCUT2D eigenvalue weighted by Crippen LogP contribution is -2.44. The Labute approximate surface area is 160 Å². The fourth-order valence-electron chi connectivity index (χ4n) is 4.01. The summed E-state index contributed by atoms with van der Waals surface area (Å²) in [6.07, 6.45) is 3.84. The summed E-state index contributed by atoms with van der Waals surface area (Å²) in [5, 5.41) is 4.59. The van der Waals surface area contributed by atoms with Crippen LogP contribution in [-0.4, -0.2) is 33.2 Å². The number of likely N-dealkylation sites (tertiary alicyclic amines) is 1. The van der Waals surface area contributed by atoms with Crippen LogP contribution in [0.15, 0.2) is 66.9 Å². The molecule has 3 aromatic rings. The van der Waals surface area contributed by atoms with E-state index in [1.165, 1.54) is 0 Å². The number of benzene rings is 2. The number of piperidine rings is 1. The number of carbonyl (C=O) groups is 1. The first-order chi connectivity index (χ1) is 13.1. The van der Waals surface area contributed by atoms with Crippen molar-refractivity contribution in [2.45, 2.75) is 32.7 Å². The highest BCUT2D eigenvalue weighted by Gasteiger charge is 2.30. The van der Waals surface area contributed by atoms with Crippen LogP contribution in [0.25, 0.3) is 16.9 Å². The van der Waals surface area contributed by atoms with Gasteiger partial charge in [0.25, 0.3) is 5.91 Å². The maximum Gasteiger partial charge on any atom is 0.257 e. The second-order valence-corrected chi connectivity index (χ2v) is 7.50. The Morgan fingerprint density at radius 2 is 1.67 bits per heavy atom. The lowest BCUT2D eigenvalue weighted by Gasteiger charge is -2.36. The molecule has 2 atom stereocenters. The molecule has 2 heterocycles. The fraction of sp³-hybridized carbons (Fsp3) is 0.304. The first-order valence-corrected chi connectivity index (χ1v) is 9.65. The monoisotopic (exact) mass is 359 g/mol. The van der Waals surface area contributed by atoms with Crippen molar-refractivity contribution in [3.63, 3.8) is 0 Å². The quantitative estimate of drug-likeness (QED) is 0.674. The van der Waals surface area contributed by atoms with Gasteiger partial charge in [0.05, 0.1) is 23.1 Å². The summed E-state index contributed by atoms with van der Waals surface area (Å²) in [4.78, 5) is 15.4. The minimum atomic E-state index is 0.0791.